The summed E-state index contributed by atoms with van der Waals surface area (Å²) in [7, 11) is 0. The molecule has 0 aliphatic heterocycles. The van der Waals surface area contributed by atoms with Gasteiger partial charge in [-0.2, -0.15) is 10.2 Å². The van der Waals surface area contributed by atoms with Crippen LogP contribution in [0.15, 0.2) is 58.8 Å². The van der Waals surface area contributed by atoms with Crippen molar-refractivity contribution in [2.75, 3.05) is 5.32 Å². The van der Waals surface area contributed by atoms with Crippen LogP contribution < -0.4 is 5.32 Å². The Balaban J connectivity index is 2.16. The number of hydrogen-bond acceptors (Lipinski definition) is 3. The lowest BCUT2D eigenvalue weighted by molar-refractivity contribution is -0.114. The van der Waals surface area contributed by atoms with Crippen LogP contribution >= 0.6 is 11.6 Å². The van der Waals surface area contributed by atoms with Crippen LogP contribution in [0, 0.1) is 0 Å². The summed E-state index contributed by atoms with van der Waals surface area (Å²) >= 11 is 6.04. The lowest BCUT2D eigenvalue weighted by atomic mass is 10.3. The van der Waals surface area contributed by atoms with Crippen molar-refractivity contribution >= 4 is 34.6 Å². The van der Waals surface area contributed by atoms with Crippen molar-refractivity contribution in [3.8, 4) is 0 Å². The van der Waals surface area contributed by atoms with E-state index in [1.165, 1.54) is 6.92 Å². The van der Waals surface area contributed by atoms with E-state index >= 15 is 0 Å². The van der Waals surface area contributed by atoms with E-state index in [0.29, 0.717) is 16.4 Å². The quantitative estimate of drug-likeness (QED) is 0.809. The third kappa shape index (κ3) is 3.89. The number of nitrogens with zero attached hydrogens (tertiary/aromatic N) is 2. The van der Waals surface area contributed by atoms with Crippen LogP contribution in [0.1, 0.15) is 6.92 Å². The minimum Gasteiger partial charge on any atom is -0.325 e. The molecule has 0 aliphatic carbocycles. The highest BCUT2D eigenvalue weighted by molar-refractivity contribution is 6.34. The van der Waals surface area contributed by atoms with Gasteiger partial charge in [0, 0.05) is 6.92 Å². The summed E-state index contributed by atoms with van der Waals surface area (Å²) < 4.78 is 0. The number of carbonyl (C=O) groups is 1. The van der Waals surface area contributed by atoms with Crippen LogP contribution in [0.5, 0.6) is 0 Å². The molecule has 4 nitrogen and oxygen atoms in total. The Bertz CT molecular complexity index is 611. The van der Waals surface area contributed by atoms with Crippen LogP contribution in [0.2, 0.25) is 5.02 Å². The Labute approximate surface area is 116 Å². The number of halogens is 1. The average Bonchev–Trinajstić information content (AvgIpc) is 2.40. The Morgan fingerprint density at radius 2 is 1.74 bits per heavy atom. The van der Waals surface area contributed by atoms with Gasteiger partial charge in [0.1, 0.15) is 0 Å². The molecule has 2 rings (SSSR count). The van der Waals surface area contributed by atoms with Gasteiger partial charge in [0.25, 0.3) is 0 Å². The van der Waals surface area contributed by atoms with Crippen molar-refractivity contribution in [3.05, 3.63) is 53.6 Å². The largest absolute Gasteiger partial charge is 0.325 e. The zero-order chi connectivity index (χ0) is 13.7. The van der Waals surface area contributed by atoms with E-state index in [-0.39, 0.29) is 5.91 Å². The smallest absolute Gasteiger partial charge is 0.221 e. The topological polar surface area (TPSA) is 53.8 Å². The minimum atomic E-state index is -0.166. The fraction of sp³-hybridized carbons (Fsp3) is 0.0714. The number of benzene rings is 2. The fourth-order valence-electron chi connectivity index (χ4n) is 1.47. The molecule has 0 fully saturated rings. The zero-order valence-electron chi connectivity index (χ0n) is 10.3. The second kappa shape index (κ2) is 6.11. The molecule has 0 aliphatic rings. The second-order valence-electron chi connectivity index (χ2n) is 3.88. The van der Waals surface area contributed by atoms with E-state index in [4.69, 9.17) is 11.6 Å². The van der Waals surface area contributed by atoms with Crippen molar-refractivity contribution in [3.63, 3.8) is 0 Å². The molecular weight excluding hydrogens is 262 g/mol. The third-order valence-electron chi connectivity index (χ3n) is 2.30. The van der Waals surface area contributed by atoms with Gasteiger partial charge in [-0.05, 0) is 30.3 Å². The molecule has 1 N–H and O–H groups in total. The summed E-state index contributed by atoms with van der Waals surface area (Å²) in [5, 5.41) is 11.2. The van der Waals surface area contributed by atoms with Crippen LogP contribution in [-0.4, -0.2) is 5.91 Å². The Kier molecular flexibility index (Phi) is 4.26. The summed E-state index contributed by atoms with van der Waals surface area (Å²) in [5.74, 6) is -0.166. The summed E-state index contributed by atoms with van der Waals surface area (Å²) in [6, 6.07) is 14.5. The first kappa shape index (κ1) is 13.2. The second-order valence-corrected chi connectivity index (χ2v) is 4.29. The van der Waals surface area contributed by atoms with Gasteiger partial charge in [-0.15, -0.1) is 0 Å². The van der Waals surface area contributed by atoms with Crippen LogP contribution in [0.3, 0.4) is 0 Å². The number of anilines is 1. The molecule has 0 saturated carbocycles. The van der Waals surface area contributed by atoms with E-state index in [1.807, 2.05) is 30.3 Å². The Morgan fingerprint density at radius 3 is 2.37 bits per heavy atom. The van der Waals surface area contributed by atoms with E-state index in [1.54, 1.807) is 18.2 Å². The summed E-state index contributed by atoms with van der Waals surface area (Å²) in [5.41, 5.74) is 1.96. The molecule has 5 heteroatoms. The highest BCUT2D eigenvalue weighted by Crippen LogP contribution is 2.28. The highest BCUT2D eigenvalue weighted by atomic mass is 35.5. The van der Waals surface area contributed by atoms with E-state index in [2.05, 4.69) is 15.5 Å². The standard InChI is InChI=1S/C14H12ClN3O/c1-10(19)16-14-8-7-12(9-13(14)15)18-17-11-5-3-2-4-6-11/h2-9H,1H3,(H,16,19). The number of rotatable bonds is 3. The number of nitrogens with one attached hydrogen (secondary N) is 1. The van der Waals surface area contributed by atoms with Gasteiger partial charge < -0.3 is 5.32 Å². The Hall–Kier alpha value is -2.20. The highest BCUT2D eigenvalue weighted by Gasteiger charge is 2.02. The maximum absolute atomic E-state index is 10.9. The van der Waals surface area contributed by atoms with Gasteiger partial charge in [0.15, 0.2) is 0 Å². The summed E-state index contributed by atoms with van der Waals surface area (Å²) in [6.07, 6.45) is 0. The molecule has 1 amide bonds. The van der Waals surface area contributed by atoms with E-state index in [9.17, 15) is 4.79 Å². The normalized spacial score (nSPS) is 10.6. The van der Waals surface area contributed by atoms with Crippen LogP contribution in [0.25, 0.3) is 0 Å². The van der Waals surface area contributed by atoms with Crippen molar-refractivity contribution in [1.29, 1.82) is 0 Å². The van der Waals surface area contributed by atoms with Gasteiger partial charge in [0.2, 0.25) is 5.91 Å². The van der Waals surface area contributed by atoms with Crippen molar-refractivity contribution in [2.24, 2.45) is 10.2 Å². The molecule has 0 aromatic heterocycles. The molecule has 0 heterocycles. The predicted octanol–water partition coefficient (Wildman–Crippen LogP) is 4.71. The molecular formula is C14H12ClN3O. The van der Waals surface area contributed by atoms with Crippen LogP contribution in [0.4, 0.5) is 17.1 Å². The maximum atomic E-state index is 10.9. The first-order valence-corrected chi connectivity index (χ1v) is 6.07. The lowest BCUT2D eigenvalue weighted by Gasteiger charge is -2.04. The SMILES string of the molecule is CC(=O)Nc1ccc(N=Nc2ccccc2)cc1Cl. The number of carbonyl (C=O) groups excluding carboxylic acids is 1. The number of hydrogen-bond donors (Lipinski definition) is 1. The Morgan fingerprint density at radius 1 is 1.05 bits per heavy atom. The molecule has 0 atom stereocenters. The third-order valence-corrected chi connectivity index (χ3v) is 2.61. The molecule has 96 valence electrons. The first-order valence-electron chi connectivity index (χ1n) is 5.69. The molecule has 0 saturated heterocycles. The van der Waals surface area contributed by atoms with Gasteiger partial charge in [-0.3, -0.25) is 4.79 Å². The molecule has 0 spiro atoms. The fourth-order valence-corrected chi connectivity index (χ4v) is 1.69. The lowest BCUT2D eigenvalue weighted by Crippen LogP contribution is -2.05. The van der Waals surface area contributed by atoms with E-state index < -0.39 is 0 Å². The van der Waals surface area contributed by atoms with Crippen molar-refractivity contribution in [1.82, 2.24) is 0 Å². The van der Waals surface area contributed by atoms with Crippen molar-refractivity contribution in [2.45, 2.75) is 6.92 Å². The number of azo groups is 1. The minimum absolute atomic E-state index is 0.166. The summed E-state index contributed by atoms with van der Waals surface area (Å²) in [6.45, 7) is 1.43. The zero-order valence-corrected chi connectivity index (χ0v) is 11.1. The molecule has 2 aromatic rings. The molecule has 0 unspecified atom stereocenters. The van der Waals surface area contributed by atoms with Gasteiger partial charge in [-0.25, -0.2) is 0 Å². The van der Waals surface area contributed by atoms with Crippen molar-refractivity contribution < 1.29 is 4.79 Å². The maximum Gasteiger partial charge on any atom is 0.221 e. The average molecular weight is 274 g/mol. The van der Waals surface area contributed by atoms with Gasteiger partial charge in [0.05, 0.1) is 22.1 Å². The first-order chi connectivity index (χ1) is 9.15. The molecule has 0 bridgehead atoms. The predicted molar refractivity (Wildman–Crippen MR) is 76.4 cm³/mol. The van der Waals surface area contributed by atoms with Crippen LogP contribution in [-0.2, 0) is 4.79 Å². The molecule has 2 aromatic carbocycles. The van der Waals surface area contributed by atoms with Gasteiger partial charge >= 0.3 is 0 Å². The summed E-state index contributed by atoms with van der Waals surface area (Å²) in [4.78, 5) is 10.9. The number of amides is 1. The van der Waals surface area contributed by atoms with Gasteiger partial charge in [-0.1, -0.05) is 29.8 Å². The molecule has 19 heavy (non-hydrogen) atoms. The molecule has 0 radical (unpaired) electrons. The van der Waals surface area contributed by atoms with E-state index in [0.717, 1.165) is 5.69 Å². The monoisotopic (exact) mass is 273 g/mol.